The van der Waals surface area contributed by atoms with E-state index < -0.39 is 6.10 Å². The largest absolute Gasteiger partial charge is 0.462 e. The zero-order chi connectivity index (χ0) is 57.1. The van der Waals surface area contributed by atoms with Crippen molar-refractivity contribution in [2.24, 2.45) is 0 Å². The van der Waals surface area contributed by atoms with E-state index in [0.29, 0.717) is 19.3 Å². The van der Waals surface area contributed by atoms with E-state index in [9.17, 15) is 14.4 Å². The van der Waals surface area contributed by atoms with Gasteiger partial charge in [-0.2, -0.15) is 0 Å². The Morgan fingerprint density at radius 2 is 0.494 bits per heavy atom. The van der Waals surface area contributed by atoms with Crippen molar-refractivity contribution in [3.05, 3.63) is 109 Å². The lowest BCUT2D eigenvalue weighted by Gasteiger charge is -2.18. The molecule has 1 atom stereocenters. The van der Waals surface area contributed by atoms with Crippen LogP contribution in [0, 0.1) is 0 Å². The second-order valence-electron chi connectivity index (χ2n) is 22.0. The van der Waals surface area contributed by atoms with E-state index in [1.807, 2.05) is 0 Å². The van der Waals surface area contributed by atoms with Crippen molar-refractivity contribution in [3.8, 4) is 0 Å². The topological polar surface area (TPSA) is 78.9 Å². The molecule has 0 saturated carbocycles. The average Bonchev–Trinajstić information content (AvgIpc) is 3.45. The van der Waals surface area contributed by atoms with E-state index in [2.05, 4.69) is 130 Å². The molecule has 0 amide bonds. The third-order valence-electron chi connectivity index (χ3n) is 14.2. The summed E-state index contributed by atoms with van der Waals surface area (Å²) in [5.74, 6) is -0.892. The zero-order valence-electron chi connectivity index (χ0n) is 51.9. The van der Waals surface area contributed by atoms with Gasteiger partial charge < -0.3 is 14.2 Å². The maximum Gasteiger partial charge on any atom is 0.306 e. The molecule has 0 aromatic heterocycles. The Kier molecular flexibility index (Phi) is 63.3. The minimum absolute atomic E-state index is 0.0843. The molecule has 1 unspecified atom stereocenters. The molecule has 0 heterocycles. The number of esters is 3. The number of carbonyl (C=O) groups is 3. The lowest BCUT2D eigenvalue weighted by Crippen LogP contribution is -2.30. The van der Waals surface area contributed by atoms with Crippen LogP contribution in [0.25, 0.3) is 0 Å². The van der Waals surface area contributed by atoms with Gasteiger partial charge in [0, 0.05) is 19.3 Å². The first-order valence-electron chi connectivity index (χ1n) is 33.4. The second kappa shape index (κ2) is 66.6. The Morgan fingerprint density at radius 1 is 0.266 bits per heavy atom. The Hall–Kier alpha value is -3.93. The highest BCUT2D eigenvalue weighted by atomic mass is 16.6. The number of hydrogen-bond acceptors (Lipinski definition) is 6. The smallest absolute Gasteiger partial charge is 0.306 e. The summed E-state index contributed by atoms with van der Waals surface area (Å²) in [6.07, 6.45) is 91.0. The van der Waals surface area contributed by atoms with Gasteiger partial charge in [0.05, 0.1) is 0 Å². The first-order chi connectivity index (χ1) is 39.0. The van der Waals surface area contributed by atoms with Gasteiger partial charge in [0.1, 0.15) is 13.2 Å². The fourth-order valence-corrected chi connectivity index (χ4v) is 9.30. The third-order valence-corrected chi connectivity index (χ3v) is 14.2. The molecular formula is C73H124O6. The number of carbonyl (C=O) groups excluding carboxylic acids is 3. The first-order valence-corrected chi connectivity index (χ1v) is 33.4. The monoisotopic (exact) mass is 1100 g/mol. The van der Waals surface area contributed by atoms with Gasteiger partial charge >= 0.3 is 17.9 Å². The lowest BCUT2D eigenvalue weighted by molar-refractivity contribution is -0.167. The van der Waals surface area contributed by atoms with Crippen LogP contribution in [0.15, 0.2) is 109 Å². The molecule has 0 aliphatic carbocycles. The summed E-state index contributed by atoms with van der Waals surface area (Å²) in [4.78, 5) is 38.4. The molecule has 0 aliphatic rings. The summed E-state index contributed by atoms with van der Waals surface area (Å²) in [7, 11) is 0. The summed E-state index contributed by atoms with van der Waals surface area (Å²) in [6.45, 7) is 6.41. The van der Waals surface area contributed by atoms with Gasteiger partial charge in [0.2, 0.25) is 0 Å². The standard InChI is InChI=1S/C73H124O6/c1-4-7-10-13-16-19-22-25-28-31-32-33-34-35-36-37-38-39-40-43-45-48-51-54-57-60-63-66-72(75)78-69-70(79-73(76)67-64-61-58-55-52-49-46-42-30-27-24-21-18-15-12-9-6-3)68-77-71(74)65-62-59-56-53-50-47-44-41-29-26-23-20-17-14-11-8-5-2/h7,9-10,12,16-21,25-30,32-33,70H,4-6,8,11,13-15,22-24,31,34-69H2,1-3H3/b10-7-,12-9-,19-16-,20-17-,21-18-,28-25-,29-26-,30-27-,33-32-. The molecule has 6 heteroatoms. The highest BCUT2D eigenvalue weighted by Gasteiger charge is 2.19. The number of allylic oxidation sites excluding steroid dienone is 18. The number of ether oxygens (including phenoxy) is 3. The molecule has 452 valence electrons. The molecule has 0 rings (SSSR count). The van der Waals surface area contributed by atoms with Crippen LogP contribution in [-0.2, 0) is 28.6 Å². The van der Waals surface area contributed by atoms with Crippen LogP contribution in [0.1, 0.15) is 316 Å². The fourth-order valence-electron chi connectivity index (χ4n) is 9.30. The highest BCUT2D eigenvalue weighted by molar-refractivity contribution is 5.71. The Morgan fingerprint density at radius 3 is 0.772 bits per heavy atom. The zero-order valence-corrected chi connectivity index (χ0v) is 51.9. The van der Waals surface area contributed by atoms with E-state index >= 15 is 0 Å². The normalized spacial score (nSPS) is 12.8. The number of unbranched alkanes of at least 4 members (excludes halogenated alkanes) is 31. The molecule has 0 aromatic rings. The molecular weight excluding hydrogens is 973 g/mol. The fraction of sp³-hybridized carbons (Fsp3) is 0.712. The van der Waals surface area contributed by atoms with Crippen LogP contribution >= 0.6 is 0 Å². The minimum Gasteiger partial charge on any atom is -0.462 e. The summed E-state index contributed by atoms with van der Waals surface area (Å²) in [6, 6.07) is 0. The Balaban J connectivity index is 4.32. The minimum atomic E-state index is -0.790. The highest BCUT2D eigenvalue weighted by Crippen LogP contribution is 2.16. The Bertz CT molecular complexity index is 1590. The van der Waals surface area contributed by atoms with Crippen LogP contribution in [0.5, 0.6) is 0 Å². The van der Waals surface area contributed by atoms with Crippen LogP contribution < -0.4 is 0 Å². The molecule has 0 radical (unpaired) electrons. The molecule has 0 spiro atoms. The van der Waals surface area contributed by atoms with E-state index in [0.717, 1.165) is 122 Å². The van der Waals surface area contributed by atoms with Crippen molar-refractivity contribution < 1.29 is 28.6 Å². The van der Waals surface area contributed by atoms with E-state index in [1.165, 1.54) is 154 Å². The average molecular weight is 1100 g/mol. The van der Waals surface area contributed by atoms with Gasteiger partial charge in [0.15, 0.2) is 6.10 Å². The van der Waals surface area contributed by atoms with Gasteiger partial charge in [-0.05, 0) is 122 Å². The number of rotatable bonds is 60. The van der Waals surface area contributed by atoms with Gasteiger partial charge in [0.25, 0.3) is 0 Å². The SMILES string of the molecule is CC/C=C\C/C=C\C/C=C\C/C=C\CCCCCCCCCCCCCCCCC(=O)OCC(COC(=O)CCCCCCCCC/C=C\C/C=C\CCCCC)OC(=O)CCCCCCCCC/C=C\C/C=C\C/C=C\CC. The predicted octanol–water partition coefficient (Wildman–Crippen LogP) is 23.0. The molecule has 0 saturated heterocycles. The van der Waals surface area contributed by atoms with Crippen molar-refractivity contribution in [1.82, 2.24) is 0 Å². The molecule has 0 aliphatic heterocycles. The van der Waals surface area contributed by atoms with Crippen molar-refractivity contribution in [3.63, 3.8) is 0 Å². The summed E-state index contributed by atoms with van der Waals surface area (Å²) in [5, 5.41) is 0. The summed E-state index contributed by atoms with van der Waals surface area (Å²) < 4.78 is 17.0. The van der Waals surface area contributed by atoms with Gasteiger partial charge in [-0.25, -0.2) is 0 Å². The van der Waals surface area contributed by atoms with Crippen molar-refractivity contribution in [2.75, 3.05) is 13.2 Å². The molecule has 0 fully saturated rings. The van der Waals surface area contributed by atoms with Crippen LogP contribution in [0.4, 0.5) is 0 Å². The third kappa shape index (κ3) is 64.8. The number of hydrogen-bond donors (Lipinski definition) is 0. The van der Waals surface area contributed by atoms with Crippen LogP contribution in [0.2, 0.25) is 0 Å². The van der Waals surface area contributed by atoms with E-state index in [-0.39, 0.29) is 31.1 Å². The molecule has 6 nitrogen and oxygen atoms in total. The van der Waals surface area contributed by atoms with E-state index in [1.54, 1.807) is 0 Å². The lowest BCUT2D eigenvalue weighted by atomic mass is 10.0. The Labute approximate surface area is 489 Å². The maximum atomic E-state index is 12.9. The van der Waals surface area contributed by atoms with E-state index in [4.69, 9.17) is 14.2 Å². The van der Waals surface area contributed by atoms with Crippen molar-refractivity contribution >= 4 is 17.9 Å². The summed E-state index contributed by atoms with van der Waals surface area (Å²) >= 11 is 0. The van der Waals surface area contributed by atoms with Gasteiger partial charge in [-0.15, -0.1) is 0 Å². The predicted molar refractivity (Wildman–Crippen MR) is 343 cm³/mol. The van der Waals surface area contributed by atoms with Gasteiger partial charge in [-0.3, -0.25) is 14.4 Å². The van der Waals surface area contributed by atoms with Gasteiger partial charge in [-0.1, -0.05) is 284 Å². The maximum absolute atomic E-state index is 12.9. The van der Waals surface area contributed by atoms with Crippen molar-refractivity contribution in [1.29, 1.82) is 0 Å². The van der Waals surface area contributed by atoms with Crippen LogP contribution in [0.3, 0.4) is 0 Å². The molecule has 79 heavy (non-hydrogen) atoms. The molecule has 0 N–H and O–H groups in total. The molecule has 0 bridgehead atoms. The second-order valence-corrected chi connectivity index (χ2v) is 22.0. The first kappa shape index (κ1) is 75.1. The quantitative estimate of drug-likeness (QED) is 0.0261. The summed E-state index contributed by atoms with van der Waals surface area (Å²) in [5.41, 5.74) is 0. The van der Waals surface area contributed by atoms with Crippen LogP contribution in [-0.4, -0.2) is 37.2 Å². The molecule has 0 aromatic carbocycles. The van der Waals surface area contributed by atoms with Crippen molar-refractivity contribution in [2.45, 2.75) is 322 Å².